The van der Waals surface area contributed by atoms with E-state index in [0.717, 1.165) is 0 Å². The molecule has 0 heterocycles. The van der Waals surface area contributed by atoms with Crippen molar-refractivity contribution in [2.24, 2.45) is 5.73 Å². The molecule has 1 aromatic carbocycles. The Morgan fingerprint density at radius 1 is 1.39 bits per heavy atom. The Balaban J connectivity index is 3.67. The van der Waals surface area contributed by atoms with Gasteiger partial charge in [0.25, 0.3) is 11.6 Å². The SMILES string of the molecule is NC(=O)c1cc(C(F)(F)F)c(C=O)cc1[N+](=O)[O-]. The largest absolute Gasteiger partial charge is 0.417 e. The van der Waals surface area contributed by atoms with Gasteiger partial charge in [-0.15, -0.1) is 0 Å². The van der Waals surface area contributed by atoms with E-state index in [0.29, 0.717) is 6.07 Å². The minimum absolute atomic E-state index is 0.180. The van der Waals surface area contributed by atoms with Crippen LogP contribution in [0.2, 0.25) is 0 Å². The predicted molar refractivity (Wildman–Crippen MR) is 52.0 cm³/mol. The Hall–Kier alpha value is -2.45. The Morgan fingerprint density at radius 2 is 1.94 bits per heavy atom. The molecule has 1 rings (SSSR count). The van der Waals surface area contributed by atoms with Crippen LogP contribution in [0.4, 0.5) is 18.9 Å². The summed E-state index contributed by atoms with van der Waals surface area (Å²) in [4.78, 5) is 30.8. The van der Waals surface area contributed by atoms with Crippen LogP contribution in [0.15, 0.2) is 12.1 Å². The minimum Gasteiger partial charge on any atom is -0.365 e. The van der Waals surface area contributed by atoms with Gasteiger partial charge in [-0.25, -0.2) is 0 Å². The predicted octanol–water partition coefficient (Wildman–Crippen LogP) is 1.52. The molecule has 0 aliphatic carbocycles. The molecule has 0 saturated carbocycles. The van der Waals surface area contributed by atoms with E-state index < -0.39 is 39.4 Å². The molecular weight excluding hydrogens is 257 g/mol. The van der Waals surface area contributed by atoms with Gasteiger partial charge in [0, 0.05) is 11.6 Å². The maximum absolute atomic E-state index is 12.5. The van der Waals surface area contributed by atoms with Gasteiger partial charge < -0.3 is 5.73 Å². The number of benzene rings is 1. The number of hydrogen-bond donors (Lipinski definition) is 1. The molecule has 0 aromatic heterocycles. The van der Waals surface area contributed by atoms with Crippen LogP contribution in [0.5, 0.6) is 0 Å². The van der Waals surface area contributed by atoms with Gasteiger partial charge in [-0.05, 0) is 6.07 Å². The van der Waals surface area contributed by atoms with Gasteiger partial charge in [-0.3, -0.25) is 19.7 Å². The second-order valence-electron chi connectivity index (χ2n) is 3.19. The van der Waals surface area contributed by atoms with Crippen molar-refractivity contribution in [3.05, 3.63) is 38.9 Å². The Morgan fingerprint density at radius 3 is 2.28 bits per heavy atom. The highest BCUT2D eigenvalue weighted by molar-refractivity contribution is 5.98. The first-order valence-corrected chi connectivity index (χ1v) is 4.33. The van der Waals surface area contributed by atoms with Gasteiger partial charge in [0.1, 0.15) is 5.56 Å². The Kier molecular flexibility index (Phi) is 3.35. The first kappa shape index (κ1) is 13.6. The van der Waals surface area contributed by atoms with Gasteiger partial charge in [0.15, 0.2) is 6.29 Å². The second kappa shape index (κ2) is 4.43. The normalized spacial score (nSPS) is 11.1. The number of nitro benzene ring substituents is 1. The molecule has 96 valence electrons. The molecule has 0 aliphatic rings. The lowest BCUT2D eigenvalue weighted by Gasteiger charge is -2.10. The number of nitro groups is 1. The molecule has 9 heteroatoms. The zero-order valence-electron chi connectivity index (χ0n) is 8.52. The van der Waals surface area contributed by atoms with Gasteiger partial charge in [0.2, 0.25) is 0 Å². The van der Waals surface area contributed by atoms with Gasteiger partial charge in [-0.2, -0.15) is 13.2 Å². The number of halogens is 3. The highest BCUT2D eigenvalue weighted by Gasteiger charge is 2.36. The number of nitrogens with two attached hydrogens (primary N) is 1. The Bertz CT molecular complexity index is 539. The van der Waals surface area contributed by atoms with E-state index >= 15 is 0 Å². The summed E-state index contributed by atoms with van der Waals surface area (Å²) in [5, 5.41) is 10.6. The molecule has 0 atom stereocenters. The van der Waals surface area contributed by atoms with E-state index in [2.05, 4.69) is 0 Å². The van der Waals surface area contributed by atoms with Gasteiger partial charge in [0.05, 0.1) is 10.5 Å². The van der Waals surface area contributed by atoms with E-state index in [1.165, 1.54) is 0 Å². The molecule has 6 nitrogen and oxygen atoms in total. The number of rotatable bonds is 3. The van der Waals surface area contributed by atoms with Crippen LogP contribution in [0.25, 0.3) is 0 Å². The van der Waals surface area contributed by atoms with Crippen molar-refractivity contribution in [2.45, 2.75) is 6.18 Å². The van der Waals surface area contributed by atoms with Crippen molar-refractivity contribution < 1.29 is 27.7 Å². The quantitative estimate of drug-likeness (QED) is 0.506. The molecule has 2 N–H and O–H groups in total. The number of aldehydes is 1. The number of nitrogens with zero attached hydrogens (tertiary/aromatic N) is 1. The highest BCUT2D eigenvalue weighted by Crippen LogP contribution is 2.35. The molecule has 18 heavy (non-hydrogen) atoms. The number of alkyl halides is 3. The fourth-order valence-corrected chi connectivity index (χ4v) is 1.30. The number of amides is 1. The highest BCUT2D eigenvalue weighted by atomic mass is 19.4. The van der Waals surface area contributed by atoms with Crippen molar-refractivity contribution in [1.29, 1.82) is 0 Å². The van der Waals surface area contributed by atoms with Crippen molar-refractivity contribution in [1.82, 2.24) is 0 Å². The zero-order valence-corrected chi connectivity index (χ0v) is 8.52. The third-order valence-corrected chi connectivity index (χ3v) is 2.06. The summed E-state index contributed by atoms with van der Waals surface area (Å²) in [6, 6.07) is 0.570. The summed E-state index contributed by atoms with van der Waals surface area (Å²) in [7, 11) is 0. The lowest BCUT2D eigenvalue weighted by Crippen LogP contribution is -2.17. The molecule has 0 unspecified atom stereocenters. The fourth-order valence-electron chi connectivity index (χ4n) is 1.30. The van der Waals surface area contributed by atoms with E-state index in [-0.39, 0.29) is 12.4 Å². The third-order valence-electron chi connectivity index (χ3n) is 2.06. The topological polar surface area (TPSA) is 103 Å². The third kappa shape index (κ3) is 2.44. The van der Waals surface area contributed by atoms with Crippen LogP contribution in [0, 0.1) is 10.1 Å². The zero-order chi connectivity index (χ0) is 14.1. The van der Waals surface area contributed by atoms with E-state index in [9.17, 15) is 32.9 Å². The van der Waals surface area contributed by atoms with Crippen LogP contribution in [0.1, 0.15) is 26.3 Å². The first-order chi connectivity index (χ1) is 8.18. The average molecular weight is 262 g/mol. The Labute approximate surface area is 97.3 Å². The summed E-state index contributed by atoms with van der Waals surface area (Å²) in [5.74, 6) is -1.38. The maximum atomic E-state index is 12.5. The van der Waals surface area contributed by atoms with E-state index in [1.807, 2.05) is 0 Å². The molecule has 0 aliphatic heterocycles. The summed E-state index contributed by atoms with van der Waals surface area (Å²) in [5.41, 5.74) is 0.527. The summed E-state index contributed by atoms with van der Waals surface area (Å²) in [6.07, 6.45) is -5.10. The summed E-state index contributed by atoms with van der Waals surface area (Å²) < 4.78 is 37.6. The number of primary amides is 1. The van der Waals surface area contributed by atoms with Gasteiger partial charge >= 0.3 is 6.18 Å². The molecule has 0 fully saturated rings. The van der Waals surface area contributed by atoms with Crippen molar-refractivity contribution in [2.75, 3.05) is 0 Å². The maximum Gasteiger partial charge on any atom is 0.417 e. The lowest BCUT2D eigenvalue weighted by atomic mass is 10.0. The minimum atomic E-state index is -4.92. The smallest absolute Gasteiger partial charge is 0.365 e. The molecular formula is C9H5F3N2O4. The number of hydrogen-bond acceptors (Lipinski definition) is 4. The van der Waals surface area contributed by atoms with Crippen LogP contribution >= 0.6 is 0 Å². The van der Waals surface area contributed by atoms with Gasteiger partial charge in [-0.1, -0.05) is 0 Å². The number of carbonyl (C=O) groups excluding carboxylic acids is 2. The van der Waals surface area contributed by atoms with E-state index in [4.69, 9.17) is 5.73 Å². The monoisotopic (exact) mass is 262 g/mol. The molecule has 1 aromatic rings. The molecule has 0 radical (unpaired) electrons. The van der Waals surface area contributed by atoms with Crippen molar-refractivity contribution >= 4 is 17.9 Å². The van der Waals surface area contributed by atoms with Crippen molar-refractivity contribution in [3.8, 4) is 0 Å². The number of carbonyl (C=O) groups is 2. The standard InChI is InChI=1S/C9H5F3N2O4/c10-9(11,12)6-2-5(8(13)16)7(14(17)18)1-4(6)3-15/h1-3H,(H2,13,16). The second-order valence-corrected chi connectivity index (χ2v) is 3.19. The molecule has 1 amide bonds. The lowest BCUT2D eigenvalue weighted by molar-refractivity contribution is -0.385. The summed E-state index contributed by atoms with van der Waals surface area (Å²) in [6.45, 7) is 0. The van der Waals surface area contributed by atoms with Crippen molar-refractivity contribution in [3.63, 3.8) is 0 Å². The molecule has 0 bridgehead atoms. The van der Waals surface area contributed by atoms with Crippen LogP contribution in [-0.4, -0.2) is 17.1 Å². The first-order valence-electron chi connectivity index (χ1n) is 4.33. The molecule has 0 saturated heterocycles. The average Bonchev–Trinajstić information content (AvgIpc) is 2.25. The van der Waals surface area contributed by atoms with Crippen LogP contribution < -0.4 is 5.73 Å². The van der Waals surface area contributed by atoms with Crippen LogP contribution in [-0.2, 0) is 6.18 Å². The van der Waals surface area contributed by atoms with Crippen LogP contribution in [0.3, 0.4) is 0 Å². The summed E-state index contributed by atoms with van der Waals surface area (Å²) >= 11 is 0. The fraction of sp³-hybridized carbons (Fsp3) is 0.111. The molecule has 0 spiro atoms. The van der Waals surface area contributed by atoms with E-state index in [1.54, 1.807) is 0 Å².